The second-order valence-electron chi connectivity index (χ2n) is 7.02. The molecule has 2 heterocycles. The predicted molar refractivity (Wildman–Crippen MR) is 76.7 cm³/mol. The maximum Gasteiger partial charge on any atom is 0.332 e. The second kappa shape index (κ2) is 6.02. The minimum Gasteiger partial charge on any atom is -0.479 e. The molecule has 2 aliphatic heterocycles. The van der Waals surface area contributed by atoms with Crippen LogP contribution in [0.2, 0.25) is 0 Å². The zero-order valence-electron chi connectivity index (χ0n) is 12.4. The molecule has 3 rings (SSSR count). The number of hydrogen-bond donors (Lipinski definition) is 1. The van der Waals surface area contributed by atoms with Crippen LogP contribution in [0.1, 0.15) is 57.8 Å². The molecule has 3 fully saturated rings. The van der Waals surface area contributed by atoms with E-state index in [0.29, 0.717) is 11.8 Å². The van der Waals surface area contributed by atoms with Gasteiger partial charge in [0.2, 0.25) is 0 Å². The van der Waals surface area contributed by atoms with Crippen molar-refractivity contribution in [3.63, 3.8) is 0 Å². The average Bonchev–Trinajstić information content (AvgIpc) is 2.92. The number of carboxylic acids is 1. The number of carboxylic acid groups (broad SMARTS) is 1. The number of aliphatic carboxylic acids is 1. The fourth-order valence-corrected chi connectivity index (χ4v) is 4.32. The smallest absolute Gasteiger partial charge is 0.332 e. The molecule has 0 amide bonds. The Hall–Kier alpha value is -0.610. The summed E-state index contributed by atoms with van der Waals surface area (Å²) in [5.74, 6) is -0.799. The van der Waals surface area contributed by atoms with Crippen molar-refractivity contribution < 1.29 is 14.6 Å². The van der Waals surface area contributed by atoms with Gasteiger partial charge in [-0.1, -0.05) is 19.3 Å². The maximum atomic E-state index is 10.9. The lowest BCUT2D eigenvalue weighted by Gasteiger charge is -2.44. The van der Waals surface area contributed by atoms with Crippen molar-refractivity contribution in [2.75, 3.05) is 19.6 Å². The SMILES string of the molecule is O=C(O)C1CCC(CN2CCC3(CCCCC3)CC2)O1. The molecule has 0 aromatic rings. The van der Waals surface area contributed by atoms with E-state index in [0.717, 1.165) is 13.0 Å². The highest BCUT2D eigenvalue weighted by Crippen LogP contribution is 2.44. The molecule has 1 N–H and O–H groups in total. The monoisotopic (exact) mass is 281 g/mol. The van der Waals surface area contributed by atoms with E-state index in [4.69, 9.17) is 9.84 Å². The zero-order valence-corrected chi connectivity index (χ0v) is 12.4. The number of carbonyl (C=O) groups is 1. The van der Waals surface area contributed by atoms with Gasteiger partial charge in [0.15, 0.2) is 6.10 Å². The van der Waals surface area contributed by atoms with Crippen molar-refractivity contribution >= 4 is 5.97 Å². The van der Waals surface area contributed by atoms with Gasteiger partial charge in [-0.15, -0.1) is 0 Å². The maximum absolute atomic E-state index is 10.9. The molecule has 0 radical (unpaired) electrons. The molecule has 4 heteroatoms. The molecule has 114 valence electrons. The Balaban J connectivity index is 1.44. The summed E-state index contributed by atoms with van der Waals surface area (Å²) >= 11 is 0. The quantitative estimate of drug-likeness (QED) is 0.864. The largest absolute Gasteiger partial charge is 0.479 e. The number of hydrogen-bond acceptors (Lipinski definition) is 3. The summed E-state index contributed by atoms with van der Waals surface area (Å²) in [4.78, 5) is 13.4. The molecule has 0 bridgehead atoms. The van der Waals surface area contributed by atoms with Gasteiger partial charge in [0.05, 0.1) is 6.10 Å². The first-order chi connectivity index (χ1) is 9.67. The third kappa shape index (κ3) is 3.17. The molecule has 0 aromatic carbocycles. The summed E-state index contributed by atoms with van der Waals surface area (Å²) in [6, 6.07) is 0. The molecule has 4 nitrogen and oxygen atoms in total. The molecule has 3 aliphatic rings. The van der Waals surface area contributed by atoms with Gasteiger partial charge in [0.1, 0.15) is 0 Å². The van der Waals surface area contributed by atoms with Crippen LogP contribution in [0.15, 0.2) is 0 Å². The molecule has 1 saturated carbocycles. The number of likely N-dealkylation sites (tertiary alicyclic amines) is 1. The summed E-state index contributed by atoms with van der Waals surface area (Å²) in [6.07, 6.45) is 11.0. The Bertz CT molecular complexity index is 342. The normalized spacial score (nSPS) is 34.4. The van der Waals surface area contributed by atoms with Crippen LogP contribution in [-0.4, -0.2) is 47.8 Å². The standard InChI is InChI=1S/C16H27NO3/c18-15(19)14-5-4-13(20-14)12-17-10-8-16(9-11-17)6-2-1-3-7-16/h13-14H,1-12H2,(H,18,19). The van der Waals surface area contributed by atoms with Crippen molar-refractivity contribution in [2.24, 2.45) is 5.41 Å². The highest BCUT2D eigenvalue weighted by atomic mass is 16.5. The molecule has 0 aromatic heterocycles. The highest BCUT2D eigenvalue weighted by molar-refractivity contribution is 5.72. The van der Waals surface area contributed by atoms with Crippen LogP contribution < -0.4 is 0 Å². The Morgan fingerprint density at radius 2 is 1.80 bits per heavy atom. The Labute approximate surface area is 121 Å². The topological polar surface area (TPSA) is 49.8 Å². The van der Waals surface area contributed by atoms with Crippen molar-refractivity contribution in [1.29, 1.82) is 0 Å². The Kier molecular flexibility index (Phi) is 4.32. The predicted octanol–water partition coefficient (Wildman–Crippen LogP) is 2.66. The van der Waals surface area contributed by atoms with E-state index in [1.165, 1.54) is 58.0 Å². The van der Waals surface area contributed by atoms with Crippen LogP contribution in [0.3, 0.4) is 0 Å². The van der Waals surface area contributed by atoms with E-state index >= 15 is 0 Å². The van der Waals surface area contributed by atoms with Crippen molar-refractivity contribution in [2.45, 2.75) is 70.0 Å². The minimum atomic E-state index is -0.799. The molecular formula is C16H27NO3. The summed E-state index contributed by atoms with van der Waals surface area (Å²) in [7, 11) is 0. The van der Waals surface area contributed by atoms with Crippen LogP contribution in [-0.2, 0) is 9.53 Å². The lowest BCUT2D eigenvalue weighted by molar-refractivity contribution is -0.149. The molecule has 1 aliphatic carbocycles. The summed E-state index contributed by atoms with van der Waals surface area (Å²) in [5, 5.41) is 8.96. The first-order valence-corrected chi connectivity index (χ1v) is 8.28. The van der Waals surface area contributed by atoms with Gasteiger partial charge in [-0.2, -0.15) is 0 Å². The molecule has 2 saturated heterocycles. The van der Waals surface area contributed by atoms with Crippen LogP contribution in [0.4, 0.5) is 0 Å². The van der Waals surface area contributed by atoms with Gasteiger partial charge in [-0.25, -0.2) is 4.79 Å². The third-order valence-electron chi connectivity index (χ3n) is 5.68. The van der Waals surface area contributed by atoms with Gasteiger partial charge < -0.3 is 14.7 Å². The average molecular weight is 281 g/mol. The van der Waals surface area contributed by atoms with Crippen molar-refractivity contribution in [3.8, 4) is 0 Å². The molecular weight excluding hydrogens is 254 g/mol. The molecule has 20 heavy (non-hydrogen) atoms. The van der Waals surface area contributed by atoms with E-state index in [1.54, 1.807) is 0 Å². The molecule has 2 atom stereocenters. The Morgan fingerprint density at radius 3 is 2.40 bits per heavy atom. The third-order valence-corrected chi connectivity index (χ3v) is 5.68. The number of rotatable bonds is 3. The zero-order chi connectivity index (χ0) is 14.0. The number of ether oxygens (including phenoxy) is 1. The van der Waals surface area contributed by atoms with Gasteiger partial charge >= 0.3 is 5.97 Å². The first kappa shape index (κ1) is 14.3. The van der Waals surface area contributed by atoms with Gasteiger partial charge in [-0.3, -0.25) is 0 Å². The van der Waals surface area contributed by atoms with Gasteiger partial charge in [-0.05, 0) is 57.0 Å². The first-order valence-electron chi connectivity index (χ1n) is 8.28. The van der Waals surface area contributed by atoms with E-state index in [2.05, 4.69) is 4.90 Å². The van der Waals surface area contributed by atoms with E-state index in [9.17, 15) is 4.79 Å². The fourth-order valence-electron chi connectivity index (χ4n) is 4.32. The van der Waals surface area contributed by atoms with Gasteiger partial charge in [0, 0.05) is 6.54 Å². The molecule has 2 unspecified atom stereocenters. The minimum absolute atomic E-state index is 0.136. The second-order valence-corrected chi connectivity index (χ2v) is 7.02. The Morgan fingerprint density at radius 1 is 1.10 bits per heavy atom. The van der Waals surface area contributed by atoms with Gasteiger partial charge in [0.25, 0.3) is 0 Å². The summed E-state index contributed by atoms with van der Waals surface area (Å²) in [5.41, 5.74) is 0.648. The number of piperidine rings is 1. The fraction of sp³-hybridized carbons (Fsp3) is 0.938. The van der Waals surface area contributed by atoms with E-state index in [1.807, 2.05) is 0 Å². The van der Waals surface area contributed by atoms with Crippen molar-refractivity contribution in [3.05, 3.63) is 0 Å². The summed E-state index contributed by atoms with van der Waals surface area (Å²) in [6.45, 7) is 3.29. The van der Waals surface area contributed by atoms with E-state index in [-0.39, 0.29) is 6.10 Å². The summed E-state index contributed by atoms with van der Waals surface area (Å²) < 4.78 is 5.62. The lowest BCUT2D eigenvalue weighted by Crippen LogP contribution is -2.44. The van der Waals surface area contributed by atoms with Crippen LogP contribution in [0.25, 0.3) is 0 Å². The molecule has 1 spiro atoms. The van der Waals surface area contributed by atoms with Crippen LogP contribution in [0.5, 0.6) is 0 Å². The van der Waals surface area contributed by atoms with Crippen molar-refractivity contribution in [1.82, 2.24) is 4.90 Å². The highest BCUT2D eigenvalue weighted by Gasteiger charge is 2.37. The van der Waals surface area contributed by atoms with Crippen LogP contribution in [0, 0.1) is 5.41 Å². The lowest BCUT2D eigenvalue weighted by atomic mass is 9.68. The van der Waals surface area contributed by atoms with E-state index < -0.39 is 12.1 Å². The van der Waals surface area contributed by atoms with Crippen LogP contribution >= 0.6 is 0 Å². The number of nitrogens with zero attached hydrogens (tertiary/aromatic N) is 1.